The van der Waals surface area contributed by atoms with Crippen molar-refractivity contribution in [1.82, 2.24) is 10.2 Å². The number of carboxylic acids is 1. The highest BCUT2D eigenvalue weighted by atomic mass is 16.6. The Labute approximate surface area is 155 Å². The normalized spacial score (nSPS) is 11.1. The second kappa shape index (κ2) is 13.3. The van der Waals surface area contributed by atoms with Crippen LogP contribution >= 0.6 is 0 Å². The van der Waals surface area contributed by atoms with Gasteiger partial charge in [0.05, 0.1) is 26.2 Å². The molecular weight excluding hydrogens is 344 g/mol. The number of rotatable bonds is 13. The highest BCUT2D eigenvalue weighted by Gasteiger charge is 2.19. The molecule has 0 aliphatic heterocycles. The fourth-order valence-electron chi connectivity index (χ4n) is 1.67. The second-order valence-electron chi connectivity index (χ2n) is 6.72. The van der Waals surface area contributed by atoms with Gasteiger partial charge in [0.1, 0.15) is 5.60 Å². The lowest BCUT2D eigenvalue weighted by Gasteiger charge is -2.24. The number of nitrogens with one attached hydrogen (secondary N) is 1. The van der Waals surface area contributed by atoms with E-state index in [1.54, 1.807) is 7.05 Å². The molecule has 0 aromatic heterocycles. The zero-order chi connectivity index (χ0) is 20.0. The van der Waals surface area contributed by atoms with Crippen LogP contribution in [0.2, 0.25) is 0 Å². The van der Waals surface area contributed by atoms with E-state index < -0.39 is 11.6 Å². The first-order valence-corrected chi connectivity index (χ1v) is 8.70. The van der Waals surface area contributed by atoms with Crippen molar-refractivity contribution in [3.63, 3.8) is 0 Å². The smallest absolute Gasteiger partial charge is 0.410 e. The summed E-state index contributed by atoms with van der Waals surface area (Å²) in [5.74, 6) is -1.26. The van der Waals surface area contributed by atoms with Gasteiger partial charge in [-0.2, -0.15) is 0 Å². The van der Waals surface area contributed by atoms with Crippen LogP contribution in [0, 0.1) is 0 Å². The number of ether oxygens (including phenoxy) is 3. The molecule has 0 saturated heterocycles. The van der Waals surface area contributed by atoms with Crippen molar-refractivity contribution < 1.29 is 33.7 Å². The molecule has 2 N–H and O–H groups in total. The minimum absolute atomic E-state index is 0.0121. The van der Waals surface area contributed by atoms with Crippen molar-refractivity contribution in [3.05, 3.63) is 0 Å². The predicted octanol–water partition coefficient (Wildman–Crippen LogP) is 1.26. The fourth-order valence-corrected chi connectivity index (χ4v) is 1.67. The number of carbonyl (C=O) groups is 3. The van der Waals surface area contributed by atoms with E-state index >= 15 is 0 Å². The first-order valence-electron chi connectivity index (χ1n) is 8.70. The summed E-state index contributed by atoms with van der Waals surface area (Å²) in [6.07, 6.45) is 0.0767. The second-order valence-corrected chi connectivity index (χ2v) is 6.72. The summed E-state index contributed by atoms with van der Waals surface area (Å²) in [4.78, 5) is 34.7. The van der Waals surface area contributed by atoms with Crippen molar-refractivity contribution in [2.45, 2.75) is 45.6 Å². The first kappa shape index (κ1) is 24.1. The quantitative estimate of drug-likeness (QED) is 0.465. The zero-order valence-electron chi connectivity index (χ0n) is 16.2. The minimum Gasteiger partial charge on any atom is -0.481 e. The van der Waals surface area contributed by atoms with Crippen molar-refractivity contribution in [1.29, 1.82) is 0 Å². The van der Waals surface area contributed by atoms with E-state index in [9.17, 15) is 14.4 Å². The van der Waals surface area contributed by atoms with Gasteiger partial charge in [-0.3, -0.25) is 9.59 Å². The van der Waals surface area contributed by atoms with Crippen LogP contribution in [-0.4, -0.2) is 80.1 Å². The van der Waals surface area contributed by atoms with E-state index in [4.69, 9.17) is 19.3 Å². The molecule has 0 aromatic carbocycles. The number of amides is 2. The summed E-state index contributed by atoms with van der Waals surface area (Å²) < 4.78 is 16.0. The lowest BCUT2D eigenvalue weighted by molar-refractivity contribution is -0.138. The molecule has 0 heterocycles. The van der Waals surface area contributed by atoms with E-state index in [2.05, 4.69) is 5.32 Å². The third-order valence-electron chi connectivity index (χ3n) is 3.00. The van der Waals surface area contributed by atoms with E-state index in [1.165, 1.54) is 4.90 Å². The van der Waals surface area contributed by atoms with E-state index in [-0.39, 0.29) is 24.8 Å². The van der Waals surface area contributed by atoms with E-state index in [1.807, 2.05) is 20.8 Å². The van der Waals surface area contributed by atoms with Crippen molar-refractivity contribution >= 4 is 18.0 Å². The standard InChI is InChI=1S/C17H32N2O7/c1-17(2,3)26-16(23)19(4)9-11-25-13-12-24-10-5-8-18-14(20)6-7-15(21)22/h5-13H2,1-4H3,(H,18,20)(H,21,22). The summed E-state index contributed by atoms with van der Waals surface area (Å²) in [6, 6.07) is 0. The molecule has 0 aliphatic carbocycles. The van der Waals surface area contributed by atoms with Gasteiger partial charge in [0.25, 0.3) is 0 Å². The van der Waals surface area contributed by atoms with Gasteiger partial charge in [0, 0.05) is 33.2 Å². The Kier molecular flexibility index (Phi) is 12.4. The predicted molar refractivity (Wildman–Crippen MR) is 95.0 cm³/mol. The number of carboxylic acid groups (broad SMARTS) is 1. The Hall–Kier alpha value is -1.87. The molecule has 0 bridgehead atoms. The molecule has 0 unspecified atom stereocenters. The summed E-state index contributed by atoms with van der Waals surface area (Å²) in [7, 11) is 1.65. The molecule has 0 fully saturated rings. The summed E-state index contributed by atoms with van der Waals surface area (Å²) >= 11 is 0. The number of hydrogen-bond acceptors (Lipinski definition) is 6. The van der Waals surface area contributed by atoms with Crippen molar-refractivity contribution in [2.75, 3.05) is 46.6 Å². The van der Waals surface area contributed by atoms with Gasteiger partial charge in [-0.1, -0.05) is 0 Å². The van der Waals surface area contributed by atoms with Gasteiger partial charge in [-0.05, 0) is 27.2 Å². The number of nitrogens with zero attached hydrogens (tertiary/aromatic N) is 1. The largest absolute Gasteiger partial charge is 0.481 e. The Morgan fingerprint density at radius 3 is 2.19 bits per heavy atom. The van der Waals surface area contributed by atoms with Crippen LogP contribution < -0.4 is 5.32 Å². The molecule has 0 aliphatic rings. The molecule has 0 radical (unpaired) electrons. The zero-order valence-corrected chi connectivity index (χ0v) is 16.2. The molecule has 9 nitrogen and oxygen atoms in total. The molecule has 0 rings (SSSR count). The average Bonchev–Trinajstić information content (AvgIpc) is 2.52. The minimum atomic E-state index is -0.985. The lowest BCUT2D eigenvalue weighted by atomic mass is 10.2. The third kappa shape index (κ3) is 15.6. The molecule has 152 valence electrons. The third-order valence-corrected chi connectivity index (χ3v) is 3.00. The molecule has 0 saturated carbocycles. The van der Waals surface area contributed by atoms with Gasteiger partial charge in [0.15, 0.2) is 0 Å². The summed E-state index contributed by atoms with van der Waals surface area (Å²) in [5, 5.41) is 11.1. The van der Waals surface area contributed by atoms with Crippen molar-refractivity contribution in [2.24, 2.45) is 0 Å². The average molecular weight is 376 g/mol. The summed E-state index contributed by atoms with van der Waals surface area (Å²) in [5.41, 5.74) is -0.518. The SMILES string of the molecule is CN(CCOCCOCCCNC(=O)CCC(=O)O)C(=O)OC(C)(C)C. The highest BCUT2D eigenvalue weighted by molar-refractivity contribution is 5.80. The molecule has 0 aromatic rings. The fraction of sp³-hybridized carbons (Fsp3) is 0.824. The highest BCUT2D eigenvalue weighted by Crippen LogP contribution is 2.08. The van der Waals surface area contributed by atoms with Crippen LogP contribution in [0.3, 0.4) is 0 Å². The number of hydrogen-bond donors (Lipinski definition) is 2. The molecular formula is C17H32N2O7. The first-order chi connectivity index (χ1) is 12.1. The molecule has 0 spiro atoms. The monoisotopic (exact) mass is 376 g/mol. The van der Waals surface area contributed by atoms with Crippen LogP contribution in [0.4, 0.5) is 4.79 Å². The van der Waals surface area contributed by atoms with Gasteiger partial charge < -0.3 is 29.5 Å². The van der Waals surface area contributed by atoms with Crippen LogP contribution in [0.5, 0.6) is 0 Å². The molecule has 2 amide bonds. The summed E-state index contributed by atoms with van der Waals surface area (Å²) in [6.45, 7) is 8.00. The Balaban J connectivity index is 3.45. The van der Waals surface area contributed by atoms with Gasteiger partial charge in [-0.15, -0.1) is 0 Å². The van der Waals surface area contributed by atoms with E-state index in [0.717, 1.165) is 0 Å². The van der Waals surface area contributed by atoms with Crippen LogP contribution in [0.15, 0.2) is 0 Å². The Morgan fingerprint density at radius 2 is 1.62 bits per heavy atom. The maximum absolute atomic E-state index is 11.7. The van der Waals surface area contributed by atoms with E-state index in [0.29, 0.717) is 45.9 Å². The van der Waals surface area contributed by atoms with Crippen LogP contribution in [-0.2, 0) is 23.8 Å². The Bertz CT molecular complexity index is 435. The van der Waals surface area contributed by atoms with Crippen LogP contribution in [0.25, 0.3) is 0 Å². The Morgan fingerprint density at radius 1 is 1.00 bits per heavy atom. The lowest BCUT2D eigenvalue weighted by Crippen LogP contribution is -2.36. The maximum atomic E-state index is 11.7. The van der Waals surface area contributed by atoms with Gasteiger partial charge in [-0.25, -0.2) is 4.79 Å². The molecule has 0 atom stereocenters. The molecule has 26 heavy (non-hydrogen) atoms. The van der Waals surface area contributed by atoms with Gasteiger partial charge >= 0.3 is 12.1 Å². The topological polar surface area (TPSA) is 114 Å². The molecule has 9 heteroatoms. The number of aliphatic carboxylic acids is 1. The van der Waals surface area contributed by atoms with Crippen molar-refractivity contribution in [3.8, 4) is 0 Å². The van der Waals surface area contributed by atoms with Crippen LogP contribution in [0.1, 0.15) is 40.0 Å². The number of likely N-dealkylation sites (N-methyl/N-ethyl adjacent to an activating group) is 1. The van der Waals surface area contributed by atoms with Gasteiger partial charge in [0.2, 0.25) is 5.91 Å². The number of carbonyl (C=O) groups excluding carboxylic acids is 2. The maximum Gasteiger partial charge on any atom is 0.410 e.